The topological polar surface area (TPSA) is 79.1 Å². The van der Waals surface area contributed by atoms with Gasteiger partial charge in [-0.2, -0.15) is 5.10 Å². The van der Waals surface area contributed by atoms with Crippen molar-refractivity contribution in [1.82, 2.24) is 25.1 Å². The molecule has 2 aromatic heterocycles. The number of nitrogens with zero attached hydrogens (tertiary/aromatic N) is 5. The number of piperazine rings is 1. The highest BCUT2D eigenvalue weighted by atomic mass is 16.3. The standard InChI is InChI=1S/C23H26N6O/c1-13-10-29(11-14(2)25-13)18-5-6-20-16(7-18)9-24-23(26-20)19-8-17-12-28(4)27-21(17)15(3)22(19)30/h5-9,12-14,25,30H,10-11H2,1-4H3/t13-,14-/m0/s1. The second kappa shape index (κ2) is 6.95. The fourth-order valence-electron chi connectivity index (χ4n) is 4.50. The van der Waals surface area contributed by atoms with E-state index in [4.69, 9.17) is 4.98 Å². The first-order chi connectivity index (χ1) is 14.4. The second-order valence-electron chi connectivity index (χ2n) is 8.45. The monoisotopic (exact) mass is 402 g/mol. The molecule has 3 heterocycles. The number of benzene rings is 2. The first-order valence-corrected chi connectivity index (χ1v) is 10.3. The molecule has 7 nitrogen and oxygen atoms in total. The predicted octanol–water partition coefficient (Wildman–Crippen LogP) is 3.38. The van der Waals surface area contributed by atoms with Gasteiger partial charge in [-0.05, 0) is 45.0 Å². The number of aromatic nitrogens is 4. The summed E-state index contributed by atoms with van der Waals surface area (Å²) < 4.78 is 1.75. The smallest absolute Gasteiger partial charge is 0.163 e. The van der Waals surface area contributed by atoms with E-state index in [0.29, 0.717) is 23.5 Å². The first kappa shape index (κ1) is 18.8. The van der Waals surface area contributed by atoms with Crippen LogP contribution in [0.1, 0.15) is 19.4 Å². The molecule has 1 fully saturated rings. The van der Waals surface area contributed by atoms with Crippen molar-refractivity contribution in [3.8, 4) is 17.1 Å². The Morgan fingerprint density at radius 3 is 2.63 bits per heavy atom. The van der Waals surface area contributed by atoms with E-state index in [1.165, 1.54) is 5.69 Å². The molecule has 2 atom stereocenters. The molecule has 0 amide bonds. The van der Waals surface area contributed by atoms with Crippen LogP contribution in [-0.4, -0.2) is 50.0 Å². The van der Waals surface area contributed by atoms with Gasteiger partial charge in [-0.1, -0.05) is 0 Å². The molecular formula is C23H26N6O. The molecular weight excluding hydrogens is 376 g/mol. The molecule has 30 heavy (non-hydrogen) atoms. The SMILES string of the molecule is Cc1c(O)c(-c2ncc3cc(N4C[C@H](C)N[C@@H](C)C4)ccc3n2)cc2cn(C)nc12. The molecule has 0 spiro atoms. The van der Waals surface area contributed by atoms with Crippen LogP contribution < -0.4 is 10.2 Å². The number of aryl methyl sites for hydroxylation is 2. The van der Waals surface area contributed by atoms with E-state index in [0.717, 1.165) is 40.5 Å². The van der Waals surface area contributed by atoms with Gasteiger partial charge in [0.05, 0.1) is 16.6 Å². The Kier molecular flexibility index (Phi) is 4.36. The third kappa shape index (κ3) is 3.15. The Morgan fingerprint density at radius 2 is 1.87 bits per heavy atom. The summed E-state index contributed by atoms with van der Waals surface area (Å²) in [6.07, 6.45) is 3.78. The third-order valence-electron chi connectivity index (χ3n) is 5.85. The fourth-order valence-corrected chi connectivity index (χ4v) is 4.50. The first-order valence-electron chi connectivity index (χ1n) is 10.3. The summed E-state index contributed by atoms with van der Waals surface area (Å²) in [6.45, 7) is 8.26. The maximum Gasteiger partial charge on any atom is 0.163 e. The van der Waals surface area contributed by atoms with E-state index >= 15 is 0 Å². The zero-order chi connectivity index (χ0) is 21.0. The summed E-state index contributed by atoms with van der Waals surface area (Å²) in [5.74, 6) is 0.701. The van der Waals surface area contributed by atoms with Crippen molar-refractivity contribution in [1.29, 1.82) is 0 Å². The summed E-state index contributed by atoms with van der Waals surface area (Å²) in [6, 6.07) is 9.13. The second-order valence-corrected chi connectivity index (χ2v) is 8.45. The van der Waals surface area contributed by atoms with Gasteiger partial charge in [0.15, 0.2) is 5.82 Å². The van der Waals surface area contributed by atoms with Crippen molar-refractivity contribution >= 4 is 27.5 Å². The highest BCUT2D eigenvalue weighted by molar-refractivity contribution is 5.91. The number of rotatable bonds is 2. The lowest BCUT2D eigenvalue weighted by atomic mass is 10.0. The number of phenols is 1. The predicted molar refractivity (Wildman–Crippen MR) is 120 cm³/mol. The lowest BCUT2D eigenvalue weighted by Gasteiger charge is -2.37. The molecule has 0 radical (unpaired) electrons. The van der Waals surface area contributed by atoms with E-state index in [9.17, 15) is 5.11 Å². The van der Waals surface area contributed by atoms with Gasteiger partial charge in [0.2, 0.25) is 0 Å². The zero-order valence-corrected chi connectivity index (χ0v) is 17.7. The van der Waals surface area contributed by atoms with Crippen LogP contribution in [0.15, 0.2) is 36.7 Å². The average Bonchev–Trinajstić information content (AvgIpc) is 3.10. The number of anilines is 1. The molecule has 4 aromatic rings. The van der Waals surface area contributed by atoms with Crippen LogP contribution in [0.3, 0.4) is 0 Å². The van der Waals surface area contributed by atoms with E-state index < -0.39 is 0 Å². The van der Waals surface area contributed by atoms with Crippen molar-refractivity contribution in [3.05, 3.63) is 42.2 Å². The van der Waals surface area contributed by atoms with Crippen molar-refractivity contribution < 1.29 is 5.11 Å². The molecule has 0 bridgehead atoms. The molecule has 0 saturated carbocycles. The van der Waals surface area contributed by atoms with Crippen LogP contribution in [0.25, 0.3) is 33.2 Å². The molecule has 154 valence electrons. The Bertz CT molecular complexity index is 1250. The Hall–Kier alpha value is -3.19. The molecule has 5 rings (SSSR count). The van der Waals surface area contributed by atoms with Gasteiger partial charge in [0, 0.05) is 66.6 Å². The third-order valence-corrected chi connectivity index (χ3v) is 5.85. The minimum Gasteiger partial charge on any atom is -0.507 e. The van der Waals surface area contributed by atoms with Gasteiger partial charge in [0.1, 0.15) is 5.75 Å². The molecule has 0 unspecified atom stereocenters. The summed E-state index contributed by atoms with van der Waals surface area (Å²) >= 11 is 0. The molecule has 2 aromatic carbocycles. The summed E-state index contributed by atoms with van der Waals surface area (Å²) in [4.78, 5) is 11.7. The van der Waals surface area contributed by atoms with E-state index in [1.807, 2.05) is 38.5 Å². The Labute approximate surface area is 175 Å². The van der Waals surface area contributed by atoms with E-state index in [1.54, 1.807) is 4.68 Å². The largest absolute Gasteiger partial charge is 0.507 e. The summed E-state index contributed by atoms with van der Waals surface area (Å²) in [5.41, 5.74) is 4.22. The Morgan fingerprint density at radius 1 is 1.10 bits per heavy atom. The lowest BCUT2D eigenvalue weighted by molar-refractivity contribution is 0.407. The summed E-state index contributed by atoms with van der Waals surface area (Å²) in [7, 11) is 1.88. The molecule has 0 aliphatic carbocycles. The Balaban J connectivity index is 1.55. The van der Waals surface area contributed by atoms with Crippen molar-refractivity contribution in [3.63, 3.8) is 0 Å². The molecule has 2 N–H and O–H groups in total. The number of phenolic OH excluding ortho intramolecular Hbond substituents is 1. The molecule has 1 aliphatic rings. The number of nitrogens with one attached hydrogen (secondary N) is 1. The van der Waals surface area contributed by atoms with E-state index in [2.05, 4.69) is 46.3 Å². The summed E-state index contributed by atoms with van der Waals surface area (Å²) in [5, 5.41) is 20.7. The highest BCUT2D eigenvalue weighted by Crippen LogP contribution is 2.36. The van der Waals surface area contributed by atoms with Crippen molar-refractivity contribution in [2.24, 2.45) is 7.05 Å². The number of aromatic hydroxyl groups is 1. The van der Waals surface area contributed by atoms with Crippen LogP contribution in [-0.2, 0) is 7.05 Å². The average molecular weight is 403 g/mol. The van der Waals surface area contributed by atoms with Crippen LogP contribution in [0.5, 0.6) is 5.75 Å². The lowest BCUT2D eigenvalue weighted by Crippen LogP contribution is -2.54. The van der Waals surface area contributed by atoms with Gasteiger partial charge in [-0.15, -0.1) is 0 Å². The van der Waals surface area contributed by atoms with Crippen LogP contribution in [0.4, 0.5) is 5.69 Å². The number of hydrogen-bond donors (Lipinski definition) is 2. The maximum absolute atomic E-state index is 10.8. The maximum atomic E-state index is 10.8. The highest BCUT2D eigenvalue weighted by Gasteiger charge is 2.21. The molecule has 1 aliphatic heterocycles. The zero-order valence-electron chi connectivity index (χ0n) is 17.7. The fraction of sp³-hybridized carbons (Fsp3) is 0.348. The quantitative estimate of drug-likeness (QED) is 0.535. The molecule has 1 saturated heterocycles. The van der Waals surface area contributed by atoms with Gasteiger partial charge in [0.25, 0.3) is 0 Å². The van der Waals surface area contributed by atoms with Crippen LogP contribution in [0, 0.1) is 6.92 Å². The number of fused-ring (bicyclic) bond motifs is 2. The number of hydrogen-bond acceptors (Lipinski definition) is 6. The van der Waals surface area contributed by atoms with Gasteiger partial charge in [-0.3, -0.25) is 4.68 Å². The minimum absolute atomic E-state index is 0.181. The van der Waals surface area contributed by atoms with Crippen molar-refractivity contribution in [2.45, 2.75) is 32.9 Å². The van der Waals surface area contributed by atoms with Crippen LogP contribution in [0.2, 0.25) is 0 Å². The van der Waals surface area contributed by atoms with Gasteiger partial charge < -0.3 is 15.3 Å². The molecule has 7 heteroatoms. The van der Waals surface area contributed by atoms with Crippen molar-refractivity contribution in [2.75, 3.05) is 18.0 Å². The van der Waals surface area contributed by atoms with E-state index in [-0.39, 0.29) is 5.75 Å². The normalized spacial score (nSPS) is 19.7. The van der Waals surface area contributed by atoms with Gasteiger partial charge >= 0.3 is 0 Å². The van der Waals surface area contributed by atoms with Crippen LogP contribution >= 0.6 is 0 Å². The van der Waals surface area contributed by atoms with Gasteiger partial charge in [-0.25, -0.2) is 9.97 Å². The minimum atomic E-state index is 0.181.